The first-order valence-corrected chi connectivity index (χ1v) is 6.99. The summed E-state index contributed by atoms with van der Waals surface area (Å²) < 4.78 is 0. The number of nitrogens with one attached hydrogen (secondary N) is 1. The van der Waals surface area contributed by atoms with Gasteiger partial charge in [0.05, 0.1) is 6.54 Å². The average molecular weight is 274 g/mol. The summed E-state index contributed by atoms with van der Waals surface area (Å²) in [5.41, 5.74) is 9.32. The topological polar surface area (TPSA) is 55.1 Å². The van der Waals surface area contributed by atoms with Crippen molar-refractivity contribution in [1.29, 1.82) is 0 Å². The molecular weight excluding hydrogens is 256 g/mol. The predicted octanol–water partition coefficient (Wildman–Crippen LogP) is 3.19. The van der Waals surface area contributed by atoms with Gasteiger partial charge in [-0.15, -0.1) is 11.3 Å². The molecule has 2 rings (SSSR count). The van der Waals surface area contributed by atoms with Crippen LogP contribution in [0.25, 0.3) is 0 Å². The molecule has 4 heteroatoms. The van der Waals surface area contributed by atoms with Crippen LogP contribution in [0.2, 0.25) is 0 Å². The molecule has 1 amide bonds. The lowest BCUT2D eigenvalue weighted by Crippen LogP contribution is -2.22. The lowest BCUT2D eigenvalue weighted by Gasteiger charge is -2.06. The molecule has 0 aliphatic rings. The zero-order chi connectivity index (χ0) is 14.0. The van der Waals surface area contributed by atoms with Crippen LogP contribution in [-0.4, -0.2) is 5.91 Å². The molecule has 0 saturated heterocycles. The van der Waals surface area contributed by atoms with Crippen molar-refractivity contribution in [2.24, 2.45) is 0 Å². The second-order valence-electron chi connectivity index (χ2n) is 4.71. The standard InChI is InChI=1S/C15H18N2OS/c1-9-4-5-12(7-14(9)16)15(18)17-8-13-6-10(2)11(3)19-13/h4-7H,8,16H2,1-3H3,(H,17,18). The van der Waals surface area contributed by atoms with E-state index in [4.69, 9.17) is 5.73 Å². The van der Waals surface area contributed by atoms with E-state index in [9.17, 15) is 4.79 Å². The molecule has 1 aromatic heterocycles. The van der Waals surface area contributed by atoms with Crippen molar-refractivity contribution in [3.05, 3.63) is 50.7 Å². The maximum absolute atomic E-state index is 12.0. The Morgan fingerprint density at radius 3 is 2.53 bits per heavy atom. The van der Waals surface area contributed by atoms with Crippen LogP contribution in [-0.2, 0) is 6.54 Å². The molecule has 3 N–H and O–H groups in total. The van der Waals surface area contributed by atoms with Crippen molar-refractivity contribution < 1.29 is 4.79 Å². The molecule has 0 radical (unpaired) electrons. The number of thiophene rings is 1. The van der Waals surface area contributed by atoms with Crippen LogP contribution in [0.1, 0.15) is 31.2 Å². The summed E-state index contributed by atoms with van der Waals surface area (Å²) in [7, 11) is 0. The molecule has 2 aromatic rings. The number of nitrogen functional groups attached to an aromatic ring is 1. The van der Waals surface area contributed by atoms with Crippen molar-refractivity contribution in [3.63, 3.8) is 0 Å². The van der Waals surface area contributed by atoms with Gasteiger partial charge < -0.3 is 11.1 Å². The summed E-state index contributed by atoms with van der Waals surface area (Å²) in [5, 5.41) is 2.92. The number of rotatable bonds is 3. The second kappa shape index (κ2) is 5.45. The molecule has 3 nitrogen and oxygen atoms in total. The number of hydrogen-bond acceptors (Lipinski definition) is 3. The molecule has 0 fully saturated rings. The zero-order valence-corrected chi connectivity index (χ0v) is 12.2. The fourth-order valence-corrected chi connectivity index (χ4v) is 2.78. The number of nitrogens with two attached hydrogens (primary N) is 1. The van der Waals surface area contributed by atoms with Crippen LogP contribution < -0.4 is 11.1 Å². The molecule has 0 bridgehead atoms. The normalized spacial score (nSPS) is 10.5. The van der Waals surface area contributed by atoms with Crippen molar-refractivity contribution in [1.82, 2.24) is 5.32 Å². The van der Waals surface area contributed by atoms with Gasteiger partial charge in [-0.1, -0.05) is 6.07 Å². The molecule has 0 spiro atoms. The van der Waals surface area contributed by atoms with Gasteiger partial charge in [-0.25, -0.2) is 0 Å². The monoisotopic (exact) mass is 274 g/mol. The van der Waals surface area contributed by atoms with Gasteiger partial charge in [0.1, 0.15) is 0 Å². The molecule has 19 heavy (non-hydrogen) atoms. The molecule has 0 atom stereocenters. The SMILES string of the molecule is Cc1ccc(C(=O)NCc2cc(C)c(C)s2)cc1N. The Morgan fingerprint density at radius 2 is 1.95 bits per heavy atom. The van der Waals surface area contributed by atoms with Crippen LogP contribution in [0.15, 0.2) is 24.3 Å². The summed E-state index contributed by atoms with van der Waals surface area (Å²) in [5.74, 6) is -0.0876. The Kier molecular flexibility index (Phi) is 3.90. The fraction of sp³-hybridized carbons (Fsp3) is 0.267. The van der Waals surface area contributed by atoms with Crippen molar-refractivity contribution in [2.75, 3.05) is 5.73 Å². The fourth-order valence-electron chi connectivity index (χ4n) is 1.79. The molecule has 1 heterocycles. The number of carbonyl (C=O) groups is 1. The van der Waals surface area contributed by atoms with E-state index in [1.54, 1.807) is 23.5 Å². The van der Waals surface area contributed by atoms with Crippen LogP contribution in [0.5, 0.6) is 0 Å². The number of amides is 1. The Bertz CT molecular complexity index is 597. The minimum atomic E-state index is -0.0876. The quantitative estimate of drug-likeness (QED) is 0.845. The Morgan fingerprint density at radius 1 is 1.21 bits per heavy atom. The third-order valence-electron chi connectivity index (χ3n) is 3.18. The van der Waals surface area contributed by atoms with Crippen LogP contribution in [0, 0.1) is 20.8 Å². The van der Waals surface area contributed by atoms with Gasteiger partial charge in [0.15, 0.2) is 0 Å². The molecule has 1 aromatic carbocycles. The van der Waals surface area contributed by atoms with E-state index in [-0.39, 0.29) is 5.91 Å². The first-order valence-electron chi connectivity index (χ1n) is 6.17. The molecule has 0 aliphatic carbocycles. The Balaban J connectivity index is 2.03. The van der Waals surface area contributed by atoms with Gasteiger partial charge >= 0.3 is 0 Å². The number of benzene rings is 1. The van der Waals surface area contributed by atoms with E-state index in [1.165, 1.54) is 15.3 Å². The first kappa shape index (κ1) is 13.6. The maximum atomic E-state index is 12.0. The molecule has 100 valence electrons. The van der Waals surface area contributed by atoms with E-state index in [2.05, 4.69) is 25.2 Å². The third-order valence-corrected chi connectivity index (χ3v) is 4.33. The van der Waals surface area contributed by atoms with Gasteiger partial charge in [0.25, 0.3) is 5.91 Å². The highest BCUT2D eigenvalue weighted by molar-refractivity contribution is 7.12. The summed E-state index contributed by atoms with van der Waals surface area (Å²) >= 11 is 1.72. The number of hydrogen-bond donors (Lipinski definition) is 2. The van der Waals surface area contributed by atoms with Gasteiger partial charge in [0, 0.05) is 21.0 Å². The van der Waals surface area contributed by atoms with Crippen LogP contribution >= 0.6 is 11.3 Å². The van der Waals surface area contributed by atoms with E-state index >= 15 is 0 Å². The lowest BCUT2D eigenvalue weighted by atomic mass is 10.1. The van der Waals surface area contributed by atoms with E-state index in [0.29, 0.717) is 17.8 Å². The van der Waals surface area contributed by atoms with Gasteiger partial charge in [-0.3, -0.25) is 4.79 Å². The summed E-state index contributed by atoms with van der Waals surface area (Å²) in [6, 6.07) is 7.50. The maximum Gasteiger partial charge on any atom is 0.251 e. The van der Waals surface area contributed by atoms with Crippen molar-refractivity contribution in [2.45, 2.75) is 27.3 Å². The van der Waals surface area contributed by atoms with E-state index < -0.39 is 0 Å². The Labute approximate surface area is 117 Å². The Hall–Kier alpha value is -1.81. The molecule has 0 aliphatic heterocycles. The number of anilines is 1. The lowest BCUT2D eigenvalue weighted by molar-refractivity contribution is 0.0951. The van der Waals surface area contributed by atoms with Crippen molar-refractivity contribution >= 4 is 22.9 Å². The minimum absolute atomic E-state index is 0.0876. The van der Waals surface area contributed by atoms with Crippen LogP contribution in [0.3, 0.4) is 0 Å². The van der Waals surface area contributed by atoms with Gasteiger partial charge in [0.2, 0.25) is 0 Å². The predicted molar refractivity (Wildman–Crippen MR) is 80.6 cm³/mol. The minimum Gasteiger partial charge on any atom is -0.398 e. The highest BCUT2D eigenvalue weighted by Crippen LogP contribution is 2.20. The highest BCUT2D eigenvalue weighted by atomic mass is 32.1. The van der Waals surface area contributed by atoms with Crippen LogP contribution in [0.4, 0.5) is 5.69 Å². The largest absolute Gasteiger partial charge is 0.398 e. The van der Waals surface area contributed by atoms with Crippen molar-refractivity contribution in [3.8, 4) is 0 Å². The highest BCUT2D eigenvalue weighted by Gasteiger charge is 2.08. The first-order chi connectivity index (χ1) is 8.97. The summed E-state index contributed by atoms with van der Waals surface area (Å²) in [6.45, 7) is 6.66. The number of carbonyl (C=O) groups excluding carboxylic acids is 1. The average Bonchev–Trinajstić information content (AvgIpc) is 2.69. The molecular formula is C15H18N2OS. The summed E-state index contributed by atoms with van der Waals surface area (Å²) in [6.07, 6.45) is 0. The zero-order valence-electron chi connectivity index (χ0n) is 11.4. The summed E-state index contributed by atoms with van der Waals surface area (Å²) in [4.78, 5) is 14.5. The second-order valence-corrected chi connectivity index (χ2v) is 6.05. The molecule has 0 saturated carbocycles. The van der Waals surface area contributed by atoms with E-state index in [1.807, 2.05) is 13.0 Å². The molecule has 0 unspecified atom stereocenters. The smallest absolute Gasteiger partial charge is 0.251 e. The van der Waals surface area contributed by atoms with Gasteiger partial charge in [-0.05, 0) is 50.1 Å². The van der Waals surface area contributed by atoms with E-state index in [0.717, 1.165) is 5.56 Å². The number of aryl methyl sites for hydroxylation is 3. The third kappa shape index (κ3) is 3.15. The van der Waals surface area contributed by atoms with Gasteiger partial charge in [-0.2, -0.15) is 0 Å².